The monoisotopic (exact) mass is 340 g/mol. The Morgan fingerprint density at radius 2 is 1.88 bits per heavy atom. The quantitative estimate of drug-likeness (QED) is 0.734. The molecule has 2 rings (SSSR count). The SMILES string of the molecule is CCON1CN(C)c2c1c(=O)n(CCCCC(C)(C)O)c(=O)n2C. The topological polar surface area (TPSA) is 79.9 Å². The fourth-order valence-corrected chi connectivity index (χ4v) is 3.01. The summed E-state index contributed by atoms with van der Waals surface area (Å²) >= 11 is 0. The molecule has 0 saturated heterocycles. The van der Waals surface area contributed by atoms with E-state index in [0.29, 0.717) is 44.2 Å². The first-order chi connectivity index (χ1) is 11.2. The summed E-state index contributed by atoms with van der Waals surface area (Å²) in [6.45, 7) is 6.55. The van der Waals surface area contributed by atoms with Crippen molar-refractivity contribution in [3.05, 3.63) is 20.8 Å². The summed E-state index contributed by atoms with van der Waals surface area (Å²) in [5.74, 6) is 0.575. The van der Waals surface area contributed by atoms with E-state index in [-0.39, 0.29) is 11.2 Å². The summed E-state index contributed by atoms with van der Waals surface area (Å²) in [6.07, 6.45) is 2.02. The molecule has 136 valence electrons. The van der Waals surface area contributed by atoms with Crippen LogP contribution in [0.3, 0.4) is 0 Å². The van der Waals surface area contributed by atoms with Crippen LogP contribution in [0.25, 0.3) is 0 Å². The zero-order valence-electron chi connectivity index (χ0n) is 15.2. The molecule has 8 heteroatoms. The standard InChI is InChI=1S/C16H28N4O4/c1-6-24-20-11-17(4)13-12(20)14(21)19(15(22)18(13)5)10-8-7-9-16(2,3)23/h23H,6-11H2,1-5H3. The molecule has 1 aliphatic heterocycles. The molecule has 1 aromatic rings. The lowest BCUT2D eigenvalue weighted by molar-refractivity contribution is 0.0678. The predicted molar refractivity (Wildman–Crippen MR) is 93.5 cm³/mol. The number of rotatable bonds is 7. The highest BCUT2D eigenvalue weighted by atomic mass is 16.7. The number of nitrogens with zero attached hydrogens (tertiary/aromatic N) is 4. The van der Waals surface area contributed by atoms with Crippen LogP contribution in [0.2, 0.25) is 0 Å². The van der Waals surface area contributed by atoms with Crippen LogP contribution in [0.15, 0.2) is 9.59 Å². The third-order valence-corrected chi connectivity index (χ3v) is 4.15. The Morgan fingerprint density at radius 3 is 2.46 bits per heavy atom. The Bertz CT molecular complexity index is 702. The van der Waals surface area contributed by atoms with E-state index in [1.165, 1.54) is 9.13 Å². The van der Waals surface area contributed by atoms with Crippen LogP contribution in [0.4, 0.5) is 11.5 Å². The van der Waals surface area contributed by atoms with Crippen molar-refractivity contribution in [1.29, 1.82) is 0 Å². The molecule has 0 aromatic carbocycles. The molecule has 2 heterocycles. The van der Waals surface area contributed by atoms with Crippen LogP contribution >= 0.6 is 0 Å². The van der Waals surface area contributed by atoms with E-state index in [0.717, 1.165) is 6.42 Å². The molecule has 1 aliphatic rings. The van der Waals surface area contributed by atoms with Crippen molar-refractivity contribution in [2.75, 3.05) is 30.3 Å². The summed E-state index contributed by atoms with van der Waals surface area (Å²) in [4.78, 5) is 32.7. The van der Waals surface area contributed by atoms with Gasteiger partial charge in [-0.1, -0.05) is 0 Å². The Hall–Kier alpha value is -1.80. The molecule has 0 spiro atoms. The Morgan fingerprint density at radius 1 is 1.21 bits per heavy atom. The van der Waals surface area contributed by atoms with E-state index < -0.39 is 5.60 Å². The van der Waals surface area contributed by atoms with E-state index in [1.54, 1.807) is 26.0 Å². The molecule has 0 fully saturated rings. The summed E-state index contributed by atoms with van der Waals surface area (Å²) in [7, 11) is 3.49. The highest BCUT2D eigenvalue weighted by Gasteiger charge is 2.32. The minimum Gasteiger partial charge on any atom is -0.390 e. The highest BCUT2D eigenvalue weighted by Crippen LogP contribution is 2.30. The van der Waals surface area contributed by atoms with Crippen molar-refractivity contribution < 1.29 is 9.94 Å². The van der Waals surface area contributed by atoms with Gasteiger partial charge in [-0.2, -0.15) is 0 Å². The Kier molecular flexibility index (Phi) is 5.39. The minimum atomic E-state index is -0.734. The smallest absolute Gasteiger partial charge is 0.332 e. The highest BCUT2D eigenvalue weighted by molar-refractivity contribution is 5.70. The molecule has 0 bridgehead atoms. The van der Waals surface area contributed by atoms with Crippen LogP contribution in [-0.2, 0) is 18.4 Å². The average Bonchev–Trinajstić information content (AvgIpc) is 2.80. The lowest BCUT2D eigenvalue weighted by atomic mass is 10.0. The van der Waals surface area contributed by atoms with Crippen LogP contribution < -0.4 is 21.2 Å². The minimum absolute atomic E-state index is 0.325. The first-order valence-corrected chi connectivity index (χ1v) is 8.35. The molecule has 8 nitrogen and oxygen atoms in total. The molecule has 0 radical (unpaired) electrons. The Labute approximate surface area is 141 Å². The number of unbranched alkanes of at least 4 members (excludes halogenated alkanes) is 1. The van der Waals surface area contributed by atoms with Crippen LogP contribution in [0.5, 0.6) is 0 Å². The maximum atomic E-state index is 12.8. The zero-order valence-corrected chi connectivity index (χ0v) is 15.2. The van der Waals surface area contributed by atoms with Crippen LogP contribution in [0, 0.1) is 0 Å². The average molecular weight is 340 g/mol. The number of hydrogen-bond acceptors (Lipinski definition) is 6. The molecule has 1 aromatic heterocycles. The fraction of sp³-hybridized carbons (Fsp3) is 0.750. The third kappa shape index (κ3) is 3.64. The molecule has 0 unspecified atom stereocenters. The lowest BCUT2D eigenvalue weighted by Crippen LogP contribution is -2.41. The molecule has 1 N–H and O–H groups in total. The number of anilines is 2. The van der Waals surface area contributed by atoms with Crippen molar-refractivity contribution in [2.24, 2.45) is 7.05 Å². The molecule has 0 saturated carbocycles. The van der Waals surface area contributed by atoms with Gasteiger partial charge in [0, 0.05) is 20.6 Å². The van der Waals surface area contributed by atoms with Gasteiger partial charge in [0.2, 0.25) is 0 Å². The van der Waals surface area contributed by atoms with Crippen molar-refractivity contribution in [2.45, 2.75) is 52.2 Å². The number of aliphatic hydroxyl groups is 1. The normalized spacial score (nSPS) is 14.4. The van der Waals surface area contributed by atoms with Crippen molar-refractivity contribution in [1.82, 2.24) is 9.13 Å². The molecule has 0 amide bonds. The maximum Gasteiger partial charge on any atom is 0.332 e. The van der Waals surface area contributed by atoms with Crippen molar-refractivity contribution in [3.8, 4) is 0 Å². The number of hydroxylamine groups is 1. The van der Waals surface area contributed by atoms with Gasteiger partial charge < -0.3 is 10.0 Å². The summed E-state index contributed by atoms with van der Waals surface area (Å²) in [5.41, 5.74) is -0.979. The van der Waals surface area contributed by atoms with E-state index in [9.17, 15) is 14.7 Å². The van der Waals surface area contributed by atoms with Crippen LogP contribution in [0.1, 0.15) is 40.0 Å². The number of aromatic nitrogens is 2. The summed E-state index contributed by atoms with van der Waals surface area (Å²) in [6, 6.07) is 0. The molecule has 24 heavy (non-hydrogen) atoms. The van der Waals surface area contributed by atoms with E-state index in [4.69, 9.17) is 4.84 Å². The second-order valence-corrected chi connectivity index (χ2v) is 6.88. The Balaban J connectivity index is 2.31. The molecular formula is C16H28N4O4. The first kappa shape index (κ1) is 18.5. The first-order valence-electron chi connectivity index (χ1n) is 8.35. The van der Waals surface area contributed by atoms with Crippen LogP contribution in [-0.4, -0.2) is 40.2 Å². The van der Waals surface area contributed by atoms with Gasteiger partial charge in [0.25, 0.3) is 5.56 Å². The molecule has 0 atom stereocenters. The largest absolute Gasteiger partial charge is 0.390 e. The van der Waals surface area contributed by atoms with Gasteiger partial charge in [-0.3, -0.25) is 18.8 Å². The van der Waals surface area contributed by atoms with Crippen molar-refractivity contribution >= 4 is 11.5 Å². The van der Waals surface area contributed by atoms with Gasteiger partial charge >= 0.3 is 5.69 Å². The third-order valence-electron chi connectivity index (χ3n) is 4.15. The fourth-order valence-electron chi connectivity index (χ4n) is 3.01. The second-order valence-electron chi connectivity index (χ2n) is 6.88. The van der Waals surface area contributed by atoms with E-state index in [2.05, 4.69) is 0 Å². The van der Waals surface area contributed by atoms with E-state index in [1.807, 2.05) is 18.9 Å². The van der Waals surface area contributed by atoms with Gasteiger partial charge in [-0.05, 0) is 40.0 Å². The molecule has 0 aliphatic carbocycles. The molecular weight excluding hydrogens is 312 g/mol. The zero-order chi connectivity index (χ0) is 18.1. The van der Waals surface area contributed by atoms with Gasteiger partial charge in [0.1, 0.15) is 12.5 Å². The van der Waals surface area contributed by atoms with Gasteiger partial charge in [0.05, 0.1) is 12.2 Å². The van der Waals surface area contributed by atoms with Gasteiger partial charge in [-0.15, -0.1) is 0 Å². The van der Waals surface area contributed by atoms with Gasteiger partial charge in [-0.25, -0.2) is 9.86 Å². The summed E-state index contributed by atoms with van der Waals surface area (Å²) < 4.78 is 2.75. The lowest BCUT2D eigenvalue weighted by Gasteiger charge is -2.18. The number of fused-ring (bicyclic) bond motifs is 1. The summed E-state index contributed by atoms with van der Waals surface area (Å²) in [5, 5.41) is 11.3. The second kappa shape index (κ2) is 6.98. The van der Waals surface area contributed by atoms with E-state index >= 15 is 0 Å². The maximum absolute atomic E-state index is 12.8. The van der Waals surface area contributed by atoms with Crippen molar-refractivity contribution in [3.63, 3.8) is 0 Å². The van der Waals surface area contributed by atoms with Gasteiger partial charge in [0.15, 0.2) is 5.69 Å². The number of hydrogen-bond donors (Lipinski definition) is 1. The predicted octanol–water partition coefficient (Wildman–Crippen LogP) is 0.653.